The molecule has 0 spiro atoms. The number of methoxy groups -OCH3 is 2. The summed E-state index contributed by atoms with van der Waals surface area (Å²) in [5.41, 5.74) is 3.11. The lowest BCUT2D eigenvalue weighted by Crippen LogP contribution is -2.38. The summed E-state index contributed by atoms with van der Waals surface area (Å²) < 4.78 is 15.2. The Morgan fingerprint density at radius 1 is 1.07 bits per heavy atom. The van der Waals surface area contributed by atoms with Crippen molar-refractivity contribution in [1.82, 2.24) is 4.98 Å². The molecule has 1 aliphatic heterocycles. The molecule has 0 amide bonds. The molecular weight excluding hydrogens is 360 g/mol. The quantitative estimate of drug-likeness (QED) is 0.709. The number of nitrogens with zero attached hydrogens (tertiary/aromatic N) is 2. The van der Waals surface area contributed by atoms with E-state index in [0.717, 1.165) is 29.8 Å². The average molecular weight is 382 g/mol. The van der Waals surface area contributed by atoms with Gasteiger partial charge in [-0.15, -0.1) is 0 Å². The van der Waals surface area contributed by atoms with Crippen LogP contribution < -0.4 is 4.90 Å². The molecule has 0 atom stereocenters. The summed E-state index contributed by atoms with van der Waals surface area (Å²) >= 11 is 0. The number of esters is 2. The van der Waals surface area contributed by atoms with E-state index in [9.17, 15) is 9.59 Å². The van der Waals surface area contributed by atoms with Crippen LogP contribution in [-0.4, -0.2) is 44.5 Å². The van der Waals surface area contributed by atoms with Crippen LogP contribution in [-0.2, 0) is 36.6 Å². The number of hydrogen-bond donors (Lipinski definition) is 0. The first-order chi connectivity index (χ1) is 13.6. The minimum absolute atomic E-state index is 0.00697. The Morgan fingerprint density at radius 3 is 2.61 bits per heavy atom. The molecule has 7 heteroatoms. The van der Waals surface area contributed by atoms with Crippen LogP contribution in [0.15, 0.2) is 59.9 Å². The first kappa shape index (κ1) is 19.6. The Kier molecular flexibility index (Phi) is 6.39. The van der Waals surface area contributed by atoms with E-state index >= 15 is 0 Å². The average Bonchev–Trinajstić information content (AvgIpc) is 2.77. The summed E-state index contributed by atoms with van der Waals surface area (Å²) in [6.45, 7) is 0.127. The van der Waals surface area contributed by atoms with Gasteiger partial charge < -0.3 is 19.1 Å². The number of benzene rings is 1. The lowest BCUT2D eigenvalue weighted by molar-refractivity contribution is -0.140. The van der Waals surface area contributed by atoms with Crippen LogP contribution >= 0.6 is 0 Å². The fourth-order valence-corrected chi connectivity index (χ4v) is 3.05. The molecule has 1 aromatic heterocycles. The predicted octanol–water partition coefficient (Wildman–Crippen LogP) is 2.26. The third-order valence-corrected chi connectivity index (χ3v) is 4.45. The molecule has 0 fully saturated rings. The van der Waals surface area contributed by atoms with Gasteiger partial charge in [0.15, 0.2) is 0 Å². The smallest absolute Gasteiger partial charge is 0.355 e. The fourth-order valence-electron chi connectivity index (χ4n) is 3.05. The highest BCUT2D eigenvalue weighted by Gasteiger charge is 2.32. The van der Waals surface area contributed by atoms with Gasteiger partial charge in [-0.1, -0.05) is 18.2 Å². The first-order valence-corrected chi connectivity index (χ1v) is 8.88. The molecule has 146 valence electrons. The van der Waals surface area contributed by atoms with Gasteiger partial charge in [-0.05, 0) is 42.7 Å². The lowest BCUT2D eigenvalue weighted by Gasteiger charge is -2.31. The van der Waals surface area contributed by atoms with Crippen molar-refractivity contribution in [3.8, 4) is 0 Å². The van der Waals surface area contributed by atoms with Gasteiger partial charge >= 0.3 is 11.9 Å². The molecule has 1 aromatic carbocycles. The molecule has 0 saturated carbocycles. The van der Waals surface area contributed by atoms with Crippen molar-refractivity contribution in [2.75, 3.05) is 32.5 Å². The highest BCUT2D eigenvalue weighted by Crippen LogP contribution is 2.27. The van der Waals surface area contributed by atoms with Crippen LogP contribution in [0.3, 0.4) is 0 Å². The number of carbonyl (C=O) groups is 2. The van der Waals surface area contributed by atoms with E-state index < -0.39 is 11.9 Å². The van der Waals surface area contributed by atoms with Crippen molar-refractivity contribution < 1.29 is 23.8 Å². The summed E-state index contributed by atoms with van der Waals surface area (Å²) in [6, 6.07) is 13.6. The van der Waals surface area contributed by atoms with Crippen molar-refractivity contribution in [1.29, 1.82) is 0 Å². The normalized spacial score (nSPS) is 14.0. The zero-order chi connectivity index (χ0) is 19.9. The van der Waals surface area contributed by atoms with Gasteiger partial charge in [0, 0.05) is 17.6 Å². The SMILES string of the molecule is COC(=O)C1=C(C(=O)OC)N(c2cccc(CCc3ccccn3)c2)COC1. The van der Waals surface area contributed by atoms with Crippen molar-refractivity contribution in [2.45, 2.75) is 12.8 Å². The Morgan fingerprint density at radius 2 is 1.89 bits per heavy atom. The minimum Gasteiger partial charge on any atom is -0.466 e. The van der Waals surface area contributed by atoms with Crippen LogP contribution in [0.25, 0.3) is 0 Å². The summed E-state index contributed by atoms with van der Waals surface area (Å²) in [5, 5.41) is 0. The molecule has 0 unspecified atom stereocenters. The van der Waals surface area contributed by atoms with E-state index in [0.29, 0.717) is 0 Å². The van der Waals surface area contributed by atoms with Crippen molar-refractivity contribution >= 4 is 17.6 Å². The number of aromatic nitrogens is 1. The Hall–Kier alpha value is -3.19. The second kappa shape index (κ2) is 9.14. The topological polar surface area (TPSA) is 78.0 Å². The zero-order valence-corrected chi connectivity index (χ0v) is 15.9. The molecule has 0 N–H and O–H groups in total. The van der Waals surface area contributed by atoms with E-state index in [-0.39, 0.29) is 24.6 Å². The summed E-state index contributed by atoms with van der Waals surface area (Å²) in [5.74, 6) is -1.22. The van der Waals surface area contributed by atoms with E-state index in [4.69, 9.17) is 14.2 Å². The van der Waals surface area contributed by atoms with Crippen LogP contribution in [0, 0.1) is 0 Å². The van der Waals surface area contributed by atoms with E-state index in [1.54, 1.807) is 11.1 Å². The van der Waals surface area contributed by atoms with Crippen LogP contribution in [0.5, 0.6) is 0 Å². The van der Waals surface area contributed by atoms with Gasteiger partial charge in [0.1, 0.15) is 12.4 Å². The highest BCUT2D eigenvalue weighted by atomic mass is 16.5. The third-order valence-electron chi connectivity index (χ3n) is 4.45. The van der Waals surface area contributed by atoms with Crippen LogP contribution in [0.1, 0.15) is 11.3 Å². The number of ether oxygens (including phenoxy) is 3. The Labute approximate surface area is 163 Å². The maximum absolute atomic E-state index is 12.4. The number of pyridine rings is 1. The number of carbonyl (C=O) groups excluding carboxylic acids is 2. The van der Waals surface area contributed by atoms with Gasteiger partial charge in [-0.25, -0.2) is 9.59 Å². The van der Waals surface area contributed by atoms with Gasteiger partial charge in [0.05, 0.1) is 26.4 Å². The van der Waals surface area contributed by atoms with E-state index in [1.165, 1.54) is 14.2 Å². The number of rotatable bonds is 6. The van der Waals surface area contributed by atoms with Crippen LogP contribution in [0.4, 0.5) is 5.69 Å². The van der Waals surface area contributed by atoms with E-state index in [2.05, 4.69) is 4.98 Å². The van der Waals surface area contributed by atoms with Gasteiger partial charge in [0.25, 0.3) is 0 Å². The van der Waals surface area contributed by atoms with Gasteiger partial charge in [0.2, 0.25) is 0 Å². The number of anilines is 1. The molecule has 2 heterocycles. The lowest BCUT2D eigenvalue weighted by atomic mass is 10.1. The predicted molar refractivity (Wildman–Crippen MR) is 102 cm³/mol. The maximum atomic E-state index is 12.4. The third kappa shape index (κ3) is 4.37. The van der Waals surface area contributed by atoms with Crippen molar-refractivity contribution in [2.24, 2.45) is 0 Å². The Bertz CT molecular complexity index is 879. The van der Waals surface area contributed by atoms with Gasteiger partial charge in [-0.2, -0.15) is 0 Å². The largest absolute Gasteiger partial charge is 0.466 e. The number of aryl methyl sites for hydroxylation is 2. The number of hydrogen-bond acceptors (Lipinski definition) is 7. The molecule has 0 saturated heterocycles. The summed E-state index contributed by atoms with van der Waals surface area (Å²) in [7, 11) is 2.54. The van der Waals surface area contributed by atoms with E-state index in [1.807, 2.05) is 42.5 Å². The fraction of sp³-hybridized carbons (Fsp3) is 0.286. The first-order valence-electron chi connectivity index (χ1n) is 8.88. The van der Waals surface area contributed by atoms with Crippen molar-refractivity contribution in [3.63, 3.8) is 0 Å². The maximum Gasteiger partial charge on any atom is 0.355 e. The highest BCUT2D eigenvalue weighted by molar-refractivity contribution is 6.03. The minimum atomic E-state index is -0.614. The molecule has 7 nitrogen and oxygen atoms in total. The van der Waals surface area contributed by atoms with Crippen LogP contribution in [0.2, 0.25) is 0 Å². The molecule has 1 aliphatic rings. The summed E-state index contributed by atoms with van der Waals surface area (Å²) in [6.07, 6.45) is 3.37. The molecular formula is C21H22N2O5. The Balaban J connectivity index is 1.88. The standard InChI is InChI=1S/C21H22N2O5/c1-26-20(24)18-13-28-14-23(19(18)21(25)27-2)17-8-5-6-15(12-17)9-10-16-7-3-4-11-22-16/h3-8,11-12H,9-10,13-14H2,1-2H3. The molecule has 3 rings (SSSR count). The zero-order valence-electron chi connectivity index (χ0n) is 15.9. The molecule has 28 heavy (non-hydrogen) atoms. The van der Waals surface area contributed by atoms with Crippen molar-refractivity contribution in [3.05, 3.63) is 71.2 Å². The molecule has 0 aliphatic carbocycles. The second-order valence-corrected chi connectivity index (χ2v) is 6.21. The molecule has 2 aromatic rings. The monoisotopic (exact) mass is 382 g/mol. The molecule has 0 bridgehead atoms. The molecule has 0 radical (unpaired) electrons. The summed E-state index contributed by atoms with van der Waals surface area (Å²) in [4.78, 5) is 30.5. The second-order valence-electron chi connectivity index (χ2n) is 6.21. The van der Waals surface area contributed by atoms with Gasteiger partial charge in [-0.3, -0.25) is 4.98 Å².